The Bertz CT molecular complexity index is 694. The fourth-order valence-corrected chi connectivity index (χ4v) is 3.42. The number of carbonyl (C=O) groups is 1. The van der Waals surface area contributed by atoms with Gasteiger partial charge in [-0.1, -0.05) is 12.1 Å². The molecule has 1 amide bonds. The molecular weight excluding hydrogens is 390 g/mol. The zero-order chi connectivity index (χ0) is 22.4. The van der Waals surface area contributed by atoms with Gasteiger partial charge in [-0.2, -0.15) is 0 Å². The molecule has 5 atom stereocenters. The van der Waals surface area contributed by atoms with Crippen molar-refractivity contribution < 1.29 is 34.0 Å². The predicted molar refractivity (Wildman–Crippen MR) is 111 cm³/mol. The first-order valence-corrected chi connectivity index (χ1v) is 10.4. The Morgan fingerprint density at radius 1 is 1.13 bits per heavy atom. The van der Waals surface area contributed by atoms with E-state index in [1.807, 2.05) is 25.1 Å². The summed E-state index contributed by atoms with van der Waals surface area (Å²) in [6.07, 6.45) is -5.75. The lowest BCUT2D eigenvalue weighted by atomic mass is 9.97. The number of rotatable bonds is 9. The van der Waals surface area contributed by atoms with Crippen molar-refractivity contribution in [3.63, 3.8) is 0 Å². The maximum atomic E-state index is 12.8. The van der Waals surface area contributed by atoms with E-state index in [1.165, 1.54) is 0 Å². The molecule has 1 aromatic rings. The number of carbonyl (C=O) groups excluding carboxylic acids is 1. The Labute approximate surface area is 178 Å². The maximum Gasteiger partial charge on any atom is 0.252 e. The molecule has 0 bridgehead atoms. The minimum absolute atomic E-state index is 0.249. The van der Waals surface area contributed by atoms with Gasteiger partial charge in [-0.25, -0.2) is 0 Å². The molecule has 1 fully saturated rings. The first-order valence-electron chi connectivity index (χ1n) is 10.4. The van der Waals surface area contributed by atoms with Gasteiger partial charge >= 0.3 is 0 Å². The van der Waals surface area contributed by atoms with E-state index in [0.717, 1.165) is 16.9 Å². The summed E-state index contributed by atoms with van der Waals surface area (Å²) in [6, 6.07) is 5.86. The zero-order valence-electron chi connectivity index (χ0n) is 18.6. The van der Waals surface area contributed by atoms with E-state index in [4.69, 9.17) is 18.9 Å². The van der Waals surface area contributed by atoms with E-state index >= 15 is 0 Å². The molecule has 3 N–H and O–H groups in total. The third-order valence-electron chi connectivity index (χ3n) is 4.81. The predicted octanol–water partition coefficient (Wildman–Crippen LogP) is 1.33. The zero-order valence-corrected chi connectivity index (χ0v) is 18.6. The topological polar surface area (TPSA) is 106 Å². The lowest BCUT2D eigenvalue weighted by Crippen LogP contribution is -2.63. The maximum absolute atomic E-state index is 12.8. The molecule has 1 aliphatic heterocycles. The van der Waals surface area contributed by atoms with Crippen LogP contribution < -0.4 is 10.1 Å². The van der Waals surface area contributed by atoms with Gasteiger partial charge in [0.1, 0.15) is 24.1 Å². The molecule has 0 radical (unpaired) electrons. The highest BCUT2D eigenvalue weighted by molar-refractivity contribution is 5.81. The fraction of sp³-hybridized carbons (Fsp3) is 0.682. The monoisotopic (exact) mass is 425 g/mol. The summed E-state index contributed by atoms with van der Waals surface area (Å²) in [6.45, 7) is 9.49. The van der Waals surface area contributed by atoms with Crippen LogP contribution in [0.3, 0.4) is 0 Å². The number of hydrogen-bond acceptors (Lipinski definition) is 7. The molecule has 1 unspecified atom stereocenters. The summed E-state index contributed by atoms with van der Waals surface area (Å²) in [5.74, 6) is 0.394. The molecule has 170 valence electrons. The largest absolute Gasteiger partial charge is 0.496 e. The smallest absolute Gasteiger partial charge is 0.252 e. The Morgan fingerprint density at radius 3 is 2.37 bits per heavy atom. The number of benzene rings is 1. The number of aliphatic hydroxyl groups excluding tert-OH is 2. The van der Waals surface area contributed by atoms with Gasteiger partial charge in [0.15, 0.2) is 12.4 Å². The summed E-state index contributed by atoms with van der Waals surface area (Å²) in [4.78, 5) is 12.8. The second-order valence-corrected chi connectivity index (χ2v) is 8.09. The van der Waals surface area contributed by atoms with Gasteiger partial charge in [0.05, 0.1) is 19.3 Å². The van der Waals surface area contributed by atoms with Crippen molar-refractivity contribution in [3.8, 4) is 5.75 Å². The quantitative estimate of drug-likeness (QED) is 0.548. The van der Waals surface area contributed by atoms with Crippen LogP contribution >= 0.6 is 0 Å². The lowest BCUT2D eigenvalue weighted by molar-refractivity contribution is -0.307. The number of aryl methyl sites for hydroxylation is 1. The van der Waals surface area contributed by atoms with Crippen LogP contribution in [0, 0.1) is 6.92 Å². The van der Waals surface area contributed by atoms with Crippen LogP contribution in [0.15, 0.2) is 18.2 Å². The molecule has 1 saturated heterocycles. The third kappa shape index (κ3) is 6.39. The average molecular weight is 426 g/mol. The van der Waals surface area contributed by atoms with Gasteiger partial charge in [-0.3, -0.25) is 4.79 Å². The third-order valence-corrected chi connectivity index (χ3v) is 4.81. The number of hydrogen-bond donors (Lipinski definition) is 3. The van der Waals surface area contributed by atoms with E-state index < -0.39 is 36.6 Å². The number of amides is 1. The molecule has 0 aliphatic carbocycles. The van der Waals surface area contributed by atoms with Crippen molar-refractivity contribution in [1.82, 2.24) is 5.32 Å². The minimum atomic E-state index is -1.32. The van der Waals surface area contributed by atoms with Crippen molar-refractivity contribution in [2.45, 2.75) is 84.0 Å². The standard InChI is InChI=1S/C22H35NO7/c1-12(2)28-19-17(24)18(25)22(29-13(3)4)30-20(19)21(26)23-10-9-15-7-8-16(27-6)14(5)11-15/h7-8,11-13,17-20,22,24-25H,9-10H2,1-6H3,(H,23,26)/t17-,18+,19-,20?,22-/m1/s1. The summed E-state index contributed by atoms with van der Waals surface area (Å²) in [5.41, 5.74) is 2.08. The van der Waals surface area contributed by atoms with Crippen molar-refractivity contribution in [2.75, 3.05) is 13.7 Å². The van der Waals surface area contributed by atoms with Gasteiger partial charge in [-0.05, 0) is 58.2 Å². The Kier molecular flexibility index (Phi) is 9.06. The Hall–Kier alpha value is -1.71. The van der Waals surface area contributed by atoms with Crippen LogP contribution in [0.4, 0.5) is 0 Å². The van der Waals surface area contributed by atoms with Crippen LogP contribution in [0.1, 0.15) is 38.8 Å². The molecule has 0 saturated carbocycles. The van der Waals surface area contributed by atoms with E-state index in [-0.39, 0.29) is 12.2 Å². The van der Waals surface area contributed by atoms with Crippen molar-refractivity contribution >= 4 is 5.91 Å². The molecule has 1 aromatic carbocycles. The van der Waals surface area contributed by atoms with Crippen LogP contribution in [-0.2, 0) is 25.4 Å². The van der Waals surface area contributed by atoms with Gasteiger partial charge in [0, 0.05) is 6.54 Å². The highest BCUT2D eigenvalue weighted by Crippen LogP contribution is 2.26. The number of nitrogens with one attached hydrogen (secondary N) is 1. The summed E-state index contributed by atoms with van der Waals surface area (Å²) in [7, 11) is 1.63. The lowest BCUT2D eigenvalue weighted by Gasteiger charge is -2.42. The summed E-state index contributed by atoms with van der Waals surface area (Å²) in [5, 5.41) is 23.7. The molecule has 1 heterocycles. The van der Waals surface area contributed by atoms with Crippen LogP contribution in [0.5, 0.6) is 5.75 Å². The van der Waals surface area contributed by atoms with Crippen molar-refractivity contribution in [1.29, 1.82) is 0 Å². The van der Waals surface area contributed by atoms with E-state index in [1.54, 1.807) is 34.8 Å². The van der Waals surface area contributed by atoms with Gasteiger partial charge in [0.25, 0.3) is 5.91 Å². The molecule has 0 aromatic heterocycles. The summed E-state index contributed by atoms with van der Waals surface area (Å²) >= 11 is 0. The first-order chi connectivity index (χ1) is 14.1. The van der Waals surface area contributed by atoms with Crippen LogP contribution in [-0.4, -0.2) is 72.7 Å². The minimum Gasteiger partial charge on any atom is -0.496 e. The number of methoxy groups -OCH3 is 1. The number of aliphatic hydroxyl groups is 2. The normalized spacial score (nSPS) is 26.8. The SMILES string of the molecule is COc1ccc(CCNC(=O)C2O[C@@H](OC(C)C)[C@@H](O)[C@@H](O)[C@H]2OC(C)C)cc1C. The Balaban J connectivity index is 2.04. The van der Waals surface area contributed by atoms with Gasteiger partial charge in [0.2, 0.25) is 0 Å². The van der Waals surface area contributed by atoms with E-state index in [9.17, 15) is 15.0 Å². The van der Waals surface area contributed by atoms with E-state index in [2.05, 4.69) is 5.32 Å². The highest BCUT2D eigenvalue weighted by Gasteiger charge is 2.49. The molecular formula is C22H35NO7. The second-order valence-electron chi connectivity index (χ2n) is 8.09. The highest BCUT2D eigenvalue weighted by atomic mass is 16.7. The molecule has 2 rings (SSSR count). The van der Waals surface area contributed by atoms with Gasteiger partial charge in [-0.15, -0.1) is 0 Å². The molecule has 0 spiro atoms. The average Bonchev–Trinajstić information content (AvgIpc) is 2.67. The summed E-state index contributed by atoms with van der Waals surface area (Å²) < 4.78 is 22.2. The first kappa shape index (κ1) is 24.6. The van der Waals surface area contributed by atoms with Crippen molar-refractivity contribution in [2.24, 2.45) is 0 Å². The fourth-order valence-electron chi connectivity index (χ4n) is 3.42. The van der Waals surface area contributed by atoms with Crippen molar-refractivity contribution in [3.05, 3.63) is 29.3 Å². The molecule has 1 aliphatic rings. The molecule has 8 nitrogen and oxygen atoms in total. The van der Waals surface area contributed by atoms with E-state index in [0.29, 0.717) is 13.0 Å². The molecule has 30 heavy (non-hydrogen) atoms. The van der Waals surface area contributed by atoms with Gasteiger partial charge < -0.3 is 34.5 Å². The van der Waals surface area contributed by atoms with Crippen LogP contribution in [0.25, 0.3) is 0 Å². The Morgan fingerprint density at radius 2 is 1.80 bits per heavy atom. The second kappa shape index (κ2) is 11.1. The molecule has 8 heteroatoms. The van der Waals surface area contributed by atoms with Crippen LogP contribution in [0.2, 0.25) is 0 Å². The number of ether oxygens (including phenoxy) is 4.